The number of pyridine rings is 2. The second kappa shape index (κ2) is 12.1. The molecule has 0 aromatic carbocycles. The quantitative estimate of drug-likeness (QED) is 0.303. The number of ether oxygens (including phenoxy) is 2. The molecule has 10 nitrogen and oxygen atoms in total. The van der Waals surface area contributed by atoms with E-state index in [2.05, 4.69) is 55.3 Å². The molecule has 2 aromatic heterocycles. The van der Waals surface area contributed by atoms with E-state index in [4.69, 9.17) is 0 Å². The van der Waals surface area contributed by atoms with Gasteiger partial charge in [0.15, 0.2) is 0 Å². The van der Waals surface area contributed by atoms with Crippen molar-refractivity contribution in [3.63, 3.8) is 0 Å². The molecule has 0 radical (unpaired) electrons. The second-order valence-electron chi connectivity index (χ2n) is 6.32. The Bertz CT molecular complexity index is 924. The minimum absolute atomic E-state index is 0.0634. The van der Waals surface area contributed by atoms with Gasteiger partial charge < -0.3 is 20.1 Å². The fourth-order valence-electron chi connectivity index (χ4n) is 2.55. The molecule has 0 fully saturated rings. The molecule has 2 amide bonds. The highest BCUT2D eigenvalue weighted by atomic mass is 32.1. The van der Waals surface area contributed by atoms with Crippen LogP contribution >= 0.6 is 25.3 Å². The summed E-state index contributed by atoms with van der Waals surface area (Å²) in [6.45, 7) is 0. The van der Waals surface area contributed by atoms with Crippen LogP contribution in [0.3, 0.4) is 0 Å². The molecule has 0 spiro atoms. The molecule has 2 rings (SSSR count). The summed E-state index contributed by atoms with van der Waals surface area (Å²) in [6.07, 6.45) is 2.81. The van der Waals surface area contributed by atoms with Crippen LogP contribution in [-0.2, 0) is 19.1 Å². The molecule has 0 aliphatic rings. The molecule has 2 unspecified atom stereocenters. The highest BCUT2D eigenvalue weighted by Gasteiger charge is 2.22. The van der Waals surface area contributed by atoms with Gasteiger partial charge in [-0.3, -0.25) is 19.6 Å². The monoisotopic (exact) mass is 478 g/mol. The average molecular weight is 479 g/mol. The van der Waals surface area contributed by atoms with Gasteiger partial charge in [0, 0.05) is 35.0 Å². The van der Waals surface area contributed by atoms with Crippen molar-refractivity contribution < 1.29 is 28.7 Å². The molecule has 2 aromatic rings. The predicted octanol–water partition coefficient (Wildman–Crippen LogP) is 0.546. The lowest BCUT2D eigenvalue weighted by atomic mass is 10.1. The van der Waals surface area contributed by atoms with E-state index in [-0.39, 0.29) is 22.6 Å². The first kappa shape index (κ1) is 25.1. The molecule has 0 saturated carbocycles. The Morgan fingerprint density at radius 2 is 1.19 bits per heavy atom. The van der Waals surface area contributed by atoms with Crippen molar-refractivity contribution >= 4 is 49.0 Å². The summed E-state index contributed by atoms with van der Waals surface area (Å²) in [4.78, 5) is 56.8. The van der Waals surface area contributed by atoms with Gasteiger partial charge in [0.1, 0.15) is 12.1 Å². The van der Waals surface area contributed by atoms with E-state index in [1.165, 1.54) is 50.9 Å². The maximum Gasteiger partial charge on any atom is 0.329 e. The first-order chi connectivity index (χ1) is 15.3. The van der Waals surface area contributed by atoms with Crippen LogP contribution in [0.5, 0.6) is 0 Å². The number of methoxy groups -OCH3 is 2. The summed E-state index contributed by atoms with van der Waals surface area (Å²) in [5, 5.41) is 5.07. The molecule has 2 atom stereocenters. The van der Waals surface area contributed by atoms with Crippen LogP contribution in [0.15, 0.2) is 36.7 Å². The van der Waals surface area contributed by atoms with Crippen molar-refractivity contribution in [2.75, 3.05) is 25.7 Å². The molecule has 0 aliphatic carbocycles. The summed E-state index contributed by atoms with van der Waals surface area (Å²) in [6, 6.07) is 4.06. The minimum Gasteiger partial charge on any atom is -0.467 e. The fraction of sp³-hybridized carbons (Fsp3) is 0.300. The van der Waals surface area contributed by atoms with Crippen LogP contribution in [-0.4, -0.2) is 71.5 Å². The van der Waals surface area contributed by atoms with Gasteiger partial charge in [0.25, 0.3) is 11.8 Å². The number of amides is 2. The molecule has 170 valence electrons. The van der Waals surface area contributed by atoms with Gasteiger partial charge in [-0.2, -0.15) is 25.3 Å². The summed E-state index contributed by atoms with van der Waals surface area (Å²) in [5.74, 6) is -2.16. The van der Waals surface area contributed by atoms with E-state index in [0.717, 1.165) is 0 Å². The van der Waals surface area contributed by atoms with Gasteiger partial charge in [-0.1, -0.05) is 0 Å². The molecule has 2 N–H and O–H groups in total. The van der Waals surface area contributed by atoms with Gasteiger partial charge in [0.05, 0.1) is 25.6 Å². The number of carbonyl (C=O) groups excluding carboxylic acids is 4. The van der Waals surface area contributed by atoms with Crippen LogP contribution in [0.1, 0.15) is 20.7 Å². The summed E-state index contributed by atoms with van der Waals surface area (Å²) in [5.41, 5.74) is 1.10. The van der Waals surface area contributed by atoms with Crippen molar-refractivity contribution in [1.29, 1.82) is 0 Å². The first-order valence-corrected chi connectivity index (χ1v) is 10.5. The lowest BCUT2D eigenvalue weighted by molar-refractivity contribution is -0.143. The second-order valence-corrected chi connectivity index (χ2v) is 7.05. The summed E-state index contributed by atoms with van der Waals surface area (Å²) < 4.78 is 9.26. The van der Waals surface area contributed by atoms with E-state index >= 15 is 0 Å². The zero-order valence-corrected chi connectivity index (χ0v) is 19.1. The number of esters is 2. The standard InChI is InChI=1S/C20H22N4O6S2/c1-29-19(27)15(9-31)23-17(25)11-3-5-21-13(7-11)14-8-12(4-6-22-14)18(26)24-16(10-32)20(28)30-2/h3-8,15-16,31-32H,9-10H2,1-2H3,(H,23,25)(H,24,26). The van der Waals surface area contributed by atoms with Gasteiger partial charge in [0.2, 0.25) is 0 Å². The number of thiol groups is 2. The Morgan fingerprint density at radius 1 is 0.812 bits per heavy atom. The predicted molar refractivity (Wildman–Crippen MR) is 122 cm³/mol. The highest BCUT2D eigenvalue weighted by Crippen LogP contribution is 2.17. The first-order valence-electron chi connectivity index (χ1n) is 9.26. The molecule has 32 heavy (non-hydrogen) atoms. The average Bonchev–Trinajstić information content (AvgIpc) is 2.84. The normalized spacial score (nSPS) is 12.2. The van der Waals surface area contributed by atoms with Gasteiger partial charge >= 0.3 is 11.9 Å². The smallest absolute Gasteiger partial charge is 0.329 e. The van der Waals surface area contributed by atoms with Crippen molar-refractivity contribution in [2.45, 2.75) is 12.1 Å². The Kier molecular flexibility index (Phi) is 9.47. The van der Waals surface area contributed by atoms with Crippen molar-refractivity contribution in [3.8, 4) is 11.4 Å². The number of aromatic nitrogens is 2. The van der Waals surface area contributed by atoms with Crippen molar-refractivity contribution in [3.05, 3.63) is 47.8 Å². The molecule has 0 bridgehead atoms. The van der Waals surface area contributed by atoms with E-state index in [9.17, 15) is 19.2 Å². The fourth-order valence-corrected chi connectivity index (χ4v) is 3.03. The number of rotatable bonds is 9. The SMILES string of the molecule is COC(=O)C(CS)NC(=O)c1ccnc(-c2cc(C(=O)NC(CS)C(=O)OC)ccn2)c1. The topological polar surface area (TPSA) is 137 Å². The molecule has 12 heteroatoms. The van der Waals surface area contributed by atoms with Crippen LogP contribution in [0.4, 0.5) is 0 Å². The third-order valence-electron chi connectivity index (χ3n) is 4.25. The molecule has 0 saturated heterocycles. The Morgan fingerprint density at radius 3 is 1.50 bits per heavy atom. The largest absolute Gasteiger partial charge is 0.467 e. The van der Waals surface area contributed by atoms with Crippen molar-refractivity contribution in [1.82, 2.24) is 20.6 Å². The molecular weight excluding hydrogens is 456 g/mol. The Labute approximate surface area is 195 Å². The lowest BCUT2D eigenvalue weighted by Crippen LogP contribution is -2.43. The number of nitrogens with zero attached hydrogens (tertiary/aromatic N) is 2. The zero-order chi connectivity index (χ0) is 23.7. The van der Waals surface area contributed by atoms with E-state index < -0.39 is 35.8 Å². The van der Waals surface area contributed by atoms with Crippen LogP contribution in [0.25, 0.3) is 11.4 Å². The number of hydrogen-bond donors (Lipinski definition) is 4. The summed E-state index contributed by atoms with van der Waals surface area (Å²) >= 11 is 8.09. The number of nitrogens with one attached hydrogen (secondary N) is 2. The third kappa shape index (κ3) is 6.44. The number of carbonyl (C=O) groups is 4. The van der Waals surface area contributed by atoms with Gasteiger partial charge in [-0.25, -0.2) is 9.59 Å². The van der Waals surface area contributed by atoms with Crippen LogP contribution in [0.2, 0.25) is 0 Å². The summed E-state index contributed by atoms with van der Waals surface area (Å²) in [7, 11) is 2.43. The third-order valence-corrected chi connectivity index (χ3v) is 4.98. The number of hydrogen-bond acceptors (Lipinski definition) is 10. The highest BCUT2D eigenvalue weighted by molar-refractivity contribution is 7.80. The molecule has 2 heterocycles. The van der Waals surface area contributed by atoms with E-state index in [1.54, 1.807) is 0 Å². The maximum atomic E-state index is 12.5. The molecular formula is C20H22N4O6S2. The minimum atomic E-state index is -0.910. The van der Waals surface area contributed by atoms with Crippen molar-refractivity contribution in [2.24, 2.45) is 0 Å². The molecule has 0 aliphatic heterocycles. The van der Waals surface area contributed by atoms with Crippen LogP contribution < -0.4 is 10.6 Å². The zero-order valence-electron chi connectivity index (χ0n) is 17.3. The van der Waals surface area contributed by atoms with Crippen LogP contribution in [0, 0.1) is 0 Å². The Balaban J connectivity index is 2.23. The van der Waals surface area contributed by atoms with E-state index in [1.807, 2.05) is 0 Å². The van der Waals surface area contributed by atoms with Gasteiger partial charge in [-0.05, 0) is 24.3 Å². The lowest BCUT2D eigenvalue weighted by Gasteiger charge is -2.15. The maximum absolute atomic E-state index is 12.5. The van der Waals surface area contributed by atoms with Gasteiger partial charge in [-0.15, -0.1) is 0 Å². The Hall–Kier alpha value is -3.12. The van der Waals surface area contributed by atoms with E-state index in [0.29, 0.717) is 11.4 Å².